The average molecular weight is 214 g/mol. The van der Waals surface area contributed by atoms with Crippen LogP contribution in [0.3, 0.4) is 0 Å². The lowest BCUT2D eigenvalue weighted by Crippen LogP contribution is -1.90. The predicted molar refractivity (Wildman–Crippen MR) is 42.4 cm³/mol. The SMILES string of the molecule is C=C(C(=C)P(=O)(O)O)P(=O)(O)O. The molecule has 0 rings (SSSR count). The van der Waals surface area contributed by atoms with Gasteiger partial charge in [-0.2, -0.15) is 0 Å². The van der Waals surface area contributed by atoms with Crippen LogP contribution in [0.25, 0.3) is 0 Å². The zero-order valence-corrected chi connectivity index (χ0v) is 7.70. The van der Waals surface area contributed by atoms with Gasteiger partial charge in [0.2, 0.25) is 0 Å². The maximum atomic E-state index is 10.4. The van der Waals surface area contributed by atoms with Crippen LogP contribution >= 0.6 is 15.2 Å². The number of hydrogen-bond acceptors (Lipinski definition) is 2. The molecule has 0 saturated heterocycles. The monoisotopic (exact) mass is 214 g/mol. The van der Waals surface area contributed by atoms with Crippen LogP contribution in [-0.2, 0) is 9.13 Å². The molecule has 0 unspecified atom stereocenters. The van der Waals surface area contributed by atoms with Crippen molar-refractivity contribution in [3.8, 4) is 0 Å². The fraction of sp³-hybridized carbons (Fsp3) is 0. The lowest BCUT2D eigenvalue weighted by molar-refractivity contribution is 0.374. The van der Waals surface area contributed by atoms with E-state index in [0.29, 0.717) is 0 Å². The normalized spacial score (nSPS) is 12.7. The third kappa shape index (κ3) is 3.03. The first kappa shape index (κ1) is 11.8. The van der Waals surface area contributed by atoms with E-state index in [4.69, 9.17) is 19.6 Å². The highest BCUT2D eigenvalue weighted by atomic mass is 31.2. The third-order valence-electron chi connectivity index (χ3n) is 1.04. The van der Waals surface area contributed by atoms with Gasteiger partial charge in [0.25, 0.3) is 0 Å². The Morgan fingerprint density at radius 3 is 1.08 bits per heavy atom. The highest BCUT2D eigenvalue weighted by molar-refractivity contribution is 7.62. The molecule has 70 valence electrons. The molecule has 0 heterocycles. The minimum Gasteiger partial charge on any atom is -0.321 e. The van der Waals surface area contributed by atoms with Crippen LogP contribution in [0.15, 0.2) is 23.8 Å². The maximum Gasteiger partial charge on any atom is 0.356 e. The minimum atomic E-state index is -4.70. The zero-order chi connectivity index (χ0) is 10.2. The van der Waals surface area contributed by atoms with Crippen LogP contribution in [-0.4, -0.2) is 19.6 Å². The third-order valence-corrected chi connectivity index (χ3v) is 3.16. The molecule has 0 aliphatic rings. The van der Waals surface area contributed by atoms with Gasteiger partial charge in [-0.1, -0.05) is 13.2 Å². The lowest BCUT2D eigenvalue weighted by atomic mass is 10.6. The summed E-state index contributed by atoms with van der Waals surface area (Å²) in [4.78, 5) is 33.7. The molecule has 0 aromatic heterocycles. The van der Waals surface area contributed by atoms with E-state index < -0.39 is 25.8 Å². The van der Waals surface area contributed by atoms with Crippen LogP contribution in [0.1, 0.15) is 0 Å². The highest BCUT2D eigenvalue weighted by Crippen LogP contribution is 2.58. The van der Waals surface area contributed by atoms with Crippen molar-refractivity contribution in [3.63, 3.8) is 0 Å². The van der Waals surface area contributed by atoms with E-state index in [1.165, 1.54) is 0 Å². The van der Waals surface area contributed by atoms with Crippen molar-refractivity contribution in [2.75, 3.05) is 0 Å². The molecule has 0 radical (unpaired) electrons. The molecule has 0 fully saturated rings. The molecular formula is C4H8O6P2. The summed E-state index contributed by atoms with van der Waals surface area (Å²) in [6.07, 6.45) is 0. The molecule has 0 amide bonds. The van der Waals surface area contributed by atoms with E-state index in [1.807, 2.05) is 0 Å². The Labute approximate surface area is 68.6 Å². The van der Waals surface area contributed by atoms with E-state index in [-0.39, 0.29) is 0 Å². The smallest absolute Gasteiger partial charge is 0.321 e. The van der Waals surface area contributed by atoms with Gasteiger partial charge in [-0.3, -0.25) is 9.13 Å². The second-order valence-electron chi connectivity index (χ2n) is 1.98. The van der Waals surface area contributed by atoms with Gasteiger partial charge in [0.15, 0.2) is 0 Å². The Balaban J connectivity index is 4.91. The molecule has 6 nitrogen and oxygen atoms in total. The minimum absolute atomic E-state index is 0.934. The van der Waals surface area contributed by atoms with Gasteiger partial charge in [-0.15, -0.1) is 0 Å². The molecule has 0 spiro atoms. The standard InChI is InChI=1S/C4H8O6P2/c1-3(11(5,6)7)4(2)12(8,9)10/h1-2H2,(H2,5,6,7)(H2,8,9,10). The van der Waals surface area contributed by atoms with Crippen molar-refractivity contribution < 1.29 is 28.7 Å². The summed E-state index contributed by atoms with van der Waals surface area (Å²) in [5.74, 6) is 0. The molecule has 12 heavy (non-hydrogen) atoms. The van der Waals surface area contributed by atoms with Gasteiger partial charge in [-0.05, 0) is 0 Å². The van der Waals surface area contributed by atoms with Crippen molar-refractivity contribution in [2.45, 2.75) is 0 Å². The summed E-state index contributed by atoms with van der Waals surface area (Å²) in [5, 5.41) is -1.87. The van der Waals surface area contributed by atoms with E-state index in [9.17, 15) is 9.13 Å². The highest BCUT2D eigenvalue weighted by Gasteiger charge is 2.30. The van der Waals surface area contributed by atoms with Crippen LogP contribution in [0.5, 0.6) is 0 Å². The molecule has 8 heteroatoms. The Kier molecular flexibility index (Phi) is 3.20. The van der Waals surface area contributed by atoms with Crippen LogP contribution in [0, 0.1) is 0 Å². The predicted octanol–water partition coefficient (Wildman–Crippen LogP) is 0.369. The molecular weight excluding hydrogens is 206 g/mol. The number of rotatable bonds is 3. The summed E-state index contributed by atoms with van der Waals surface area (Å²) in [6, 6.07) is 0. The largest absolute Gasteiger partial charge is 0.356 e. The van der Waals surface area contributed by atoms with Gasteiger partial charge >= 0.3 is 15.2 Å². The van der Waals surface area contributed by atoms with E-state index in [1.54, 1.807) is 0 Å². The zero-order valence-electron chi connectivity index (χ0n) is 5.91. The summed E-state index contributed by atoms with van der Waals surface area (Å²) in [6.45, 7) is 5.67. The van der Waals surface area contributed by atoms with Gasteiger partial charge < -0.3 is 19.6 Å². The van der Waals surface area contributed by atoms with Crippen LogP contribution in [0.4, 0.5) is 0 Å². The summed E-state index contributed by atoms with van der Waals surface area (Å²) >= 11 is 0. The van der Waals surface area contributed by atoms with Gasteiger partial charge in [0.1, 0.15) is 0 Å². The summed E-state index contributed by atoms with van der Waals surface area (Å²) in [7, 11) is -9.39. The molecule has 0 atom stereocenters. The molecule has 0 aliphatic heterocycles. The first-order chi connectivity index (χ1) is 5.07. The molecule has 0 bridgehead atoms. The van der Waals surface area contributed by atoms with Gasteiger partial charge in [0.05, 0.1) is 10.6 Å². The van der Waals surface area contributed by atoms with Crippen molar-refractivity contribution in [3.05, 3.63) is 23.8 Å². The van der Waals surface area contributed by atoms with Crippen molar-refractivity contribution in [2.24, 2.45) is 0 Å². The maximum absolute atomic E-state index is 10.4. The average Bonchev–Trinajstić information content (AvgIpc) is 1.80. The molecule has 0 aliphatic carbocycles. The number of allylic oxidation sites excluding steroid dienone is 2. The summed E-state index contributed by atoms with van der Waals surface area (Å²) < 4.78 is 20.8. The Morgan fingerprint density at radius 2 is 1.00 bits per heavy atom. The van der Waals surface area contributed by atoms with Crippen LogP contribution in [0.2, 0.25) is 0 Å². The first-order valence-corrected chi connectivity index (χ1v) is 5.79. The molecule has 0 aromatic rings. The second-order valence-corrected chi connectivity index (χ2v) is 5.24. The number of hydrogen-bond donors (Lipinski definition) is 4. The fourth-order valence-corrected chi connectivity index (χ4v) is 1.79. The van der Waals surface area contributed by atoms with E-state index >= 15 is 0 Å². The molecule has 4 N–H and O–H groups in total. The van der Waals surface area contributed by atoms with Gasteiger partial charge in [0, 0.05) is 0 Å². The lowest BCUT2D eigenvalue weighted by Gasteiger charge is -2.11. The van der Waals surface area contributed by atoms with Crippen molar-refractivity contribution in [1.29, 1.82) is 0 Å². The Bertz CT molecular complexity index is 274. The topological polar surface area (TPSA) is 115 Å². The van der Waals surface area contributed by atoms with Crippen LogP contribution < -0.4 is 0 Å². The van der Waals surface area contributed by atoms with Crippen molar-refractivity contribution >= 4 is 15.2 Å². The van der Waals surface area contributed by atoms with Gasteiger partial charge in [-0.25, -0.2) is 0 Å². The van der Waals surface area contributed by atoms with Crippen molar-refractivity contribution in [1.82, 2.24) is 0 Å². The van der Waals surface area contributed by atoms with E-state index in [0.717, 1.165) is 0 Å². The Hall–Kier alpha value is -0.220. The first-order valence-electron chi connectivity index (χ1n) is 2.57. The van der Waals surface area contributed by atoms with E-state index in [2.05, 4.69) is 13.2 Å². The summed E-state index contributed by atoms with van der Waals surface area (Å²) in [5.41, 5.74) is 0. The Morgan fingerprint density at radius 1 is 0.833 bits per heavy atom. The fourth-order valence-electron chi connectivity index (χ4n) is 0.336. The molecule has 0 aromatic carbocycles. The second kappa shape index (κ2) is 3.26. The quantitative estimate of drug-likeness (QED) is 0.398. The molecule has 0 saturated carbocycles.